The number of rotatable bonds is 5. The van der Waals surface area contributed by atoms with E-state index in [0.717, 1.165) is 67.5 Å². The van der Waals surface area contributed by atoms with E-state index in [1.54, 1.807) is 0 Å². The molecular weight excluding hydrogens is 422 g/mol. The maximum atomic E-state index is 11.6. The van der Waals surface area contributed by atoms with Crippen molar-refractivity contribution in [2.75, 3.05) is 0 Å². The van der Waals surface area contributed by atoms with E-state index < -0.39 is 5.97 Å². The molecule has 2 bridgehead atoms. The van der Waals surface area contributed by atoms with Gasteiger partial charge in [-0.3, -0.25) is 9.69 Å². The predicted octanol–water partition coefficient (Wildman–Crippen LogP) is 6.67. The lowest BCUT2D eigenvalue weighted by Crippen LogP contribution is -2.52. The second-order valence-electron chi connectivity index (χ2n) is 10.4. The summed E-state index contributed by atoms with van der Waals surface area (Å²) in [7, 11) is 0. The van der Waals surface area contributed by atoms with E-state index in [1.807, 2.05) is 6.07 Å². The fourth-order valence-corrected chi connectivity index (χ4v) is 6.47. The zero-order valence-electron chi connectivity index (χ0n) is 18.9. The van der Waals surface area contributed by atoms with Crippen LogP contribution in [0.1, 0.15) is 70.3 Å². The molecule has 2 atom stereocenters. The number of benzene rings is 2. The van der Waals surface area contributed by atoms with Crippen molar-refractivity contribution in [3.63, 3.8) is 0 Å². The number of carbonyl (C=O) groups is 1. The molecule has 2 aromatic carbocycles. The quantitative estimate of drug-likeness (QED) is 0.547. The average molecular weight is 456 g/mol. The highest BCUT2D eigenvalue weighted by Gasteiger charge is 2.40. The molecule has 2 saturated heterocycles. The monoisotopic (exact) mass is 455 g/mol. The van der Waals surface area contributed by atoms with Gasteiger partial charge in [-0.25, -0.2) is 0 Å². The van der Waals surface area contributed by atoms with Gasteiger partial charge in [-0.2, -0.15) is 0 Å². The number of fused-ring (bicyclic) bond motifs is 3. The molecule has 1 aliphatic carbocycles. The first-order valence-corrected chi connectivity index (χ1v) is 12.7. The number of hydrogen-bond donors (Lipinski definition) is 1. The molecule has 172 valence electrons. The largest absolute Gasteiger partial charge is 0.489 e. The minimum Gasteiger partial charge on any atom is -0.489 e. The van der Waals surface area contributed by atoms with Crippen molar-refractivity contribution >= 4 is 28.3 Å². The average Bonchev–Trinajstić information content (AvgIpc) is 2.77. The summed E-state index contributed by atoms with van der Waals surface area (Å²) in [5.41, 5.74) is 1.27. The zero-order chi connectivity index (χ0) is 22.2. The minimum atomic E-state index is -0.623. The lowest BCUT2D eigenvalue weighted by molar-refractivity contribution is -0.146. The Hall–Kier alpha value is -1.78. The van der Waals surface area contributed by atoms with Crippen molar-refractivity contribution in [2.45, 2.75) is 89.4 Å². The van der Waals surface area contributed by atoms with Crippen molar-refractivity contribution in [3.8, 4) is 5.75 Å². The number of hydrogen-bond acceptors (Lipinski definition) is 3. The summed E-state index contributed by atoms with van der Waals surface area (Å²) < 4.78 is 6.29. The Bertz CT molecular complexity index is 970. The normalized spacial score (nSPS) is 30.9. The summed E-state index contributed by atoms with van der Waals surface area (Å²) in [6.07, 6.45) is 9.95. The second-order valence-corrected chi connectivity index (χ2v) is 10.7. The summed E-state index contributed by atoms with van der Waals surface area (Å²) in [4.78, 5) is 14.1. The van der Waals surface area contributed by atoms with Crippen LogP contribution in [0.5, 0.6) is 5.75 Å². The van der Waals surface area contributed by atoms with Gasteiger partial charge in [-0.05, 0) is 80.4 Å². The Morgan fingerprint density at radius 2 is 1.78 bits per heavy atom. The first-order chi connectivity index (χ1) is 15.5. The van der Waals surface area contributed by atoms with Crippen molar-refractivity contribution in [1.29, 1.82) is 0 Å². The topological polar surface area (TPSA) is 49.8 Å². The highest BCUT2D eigenvalue weighted by molar-refractivity contribution is 6.37. The second kappa shape index (κ2) is 9.23. The molecule has 5 heteroatoms. The SMILES string of the molecule is C[C@H]1CC[C@@H](Oc2ccc3cc(CN4C5CCCC4CC(C(=O)O)C5)ccc3c2Cl)CC1. The molecule has 0 amide bonds. The van der Waals surface area contributed by atoms with Crippen molar-refractivity contribution in [1.82, 2.24) is 4.90 Å². The molecule has 2 aromatic rings. The summed E-state index contributed by atoms with van der Waals surface area (Å²) in [6, 6.07) is 11.5. The Balaban J connectivity index is 1.31. The summed E-state index contributed by atoms with van der Waals surface area (Å²) in [6.45, 7) is 3.20. The van der Waals surface area contributed by atoms with E-state index in [4.69, 9.17) is 16.3 Å². The van der Waals surface area contributed by atoms with Crippen molar-refractivity contribution in [2.24, 2.45) is 11.8 Å². The number of carboxylic acids is 1. The van der Waals surface area contributed by atoms with Gasteiger partial charge in [0.25, 0.3) is 0 Å². The van der Waals surface area contributed by atoms with E-state index in [2.05, 4.69) is 36.1 Å². The van der Waals surface area contributed by atoms with Crippen LogP contribution in [0.4, 0.5) is 0 Å². The fourth-order valence-electron chi connectivity index (χ4n) is 6.19. The van der Waals surface area contributed by atoms with E-state index in [0.29, 0.717) is 17.1 Å². The third-order valence-electron chi connectivity index (χ3n) is 8.08. The van der Waals surface area contributed by atoms with Crippen LogP contribution in [-0.2, 0) is 11.3 Å². The van der Waals surface area contributed by atoms with Crippen LogP contribution in [0.3, 0.4) is 0 Å². The predicted molar refractivity (Wildman–Crippen MR) is 128 cm³/mol. The number of ether oxygens (including phenoxy) is 1. The molecule has 32 heavy (non-hydrogen) atoms. The molecule has 1 N–H and O–H groups in total. The third kappa shape index (κ3) is 4.49. The van der Waals surface area contributed by atoms with Gasteiger partial charge >= 0.3 is 5.97 Å². The van der Waals surface area contributed by atoms with Gasteiger partial charge in [-0.1, -0.05) is 43.1 Å². The van der Waals surface area contributed by atoms with Crippen LogP contribution in [0.2, 0.25) is 5.02 Å². The van der Waals surface area contributed by atoms with E-state index in [-0.39, 0.29) is 12.0 Å². The van der Waals surface area contributed by atoms with E-state index >= 15 is 0 Å². The highest BCUT2D eigenvalue weighted by atomic mass is 35.5. The van der Waals surface area contributed by atoms with E-state index in [9.17, 15) is 9.90 Å². The molecule has 0 aromatic heterocycles. The molecule has 0 radical (unpaired) electrons. The van der Waals surface area contributed by atoms with Gasteiger partial charge in [0.1, 0.15) is 5.75 Å². The molecule has 3 aliphatic rings. The molecule has 5 rings (SSSR count). The standard InChI is InChI=1S/C27H34ClNO3/c1-17-5-9-23(10-6-17)32-25-12-8-19-13-18(7-11-24(19)26(25)28)16-29-21-3-2-4-22(29)15-20(14-21)27(30)31/h7-8,11-13,17,20-23H,2-6,9-10,14-16H2,1H3,(H,30,31)/t17-,20?,21?,22?,23+. The van der Waals surface area contributed by atoms with Crippen molar-refractivity contribution in [3.05, 3.63) is 40.9 Å². The van der Waals surface area contributed by atoms with E-state index in [1.165, 1.54) is 24.8 Å². The third-order valence-corrected chi connectivity index (χ3v) is 8.47. The van der Waals surface area contributed by atoms with Crippen LogP contribution < -0.4 is 4.74 Å². The Morgan fingerprint density at radius 1 is 1.06 bits per heavy atom. The lowest BCUT2D eigenvalue weighted by atomic mass is 9.78. The first-order valence-electron chi connectivity index (χ1n) is 12.3. The number of carboxylic acid groups (broad SMARTS) is 1. The first kappa shape index (κ1) is 22.0. The highest BCUT2D eigenvalue weighted by Crippen LogP contribution is 2.39. The number of halogens is 1. The molecule has 2 aliphatic heterocycles. The van der Waals surface area contributed by atoms with Crippen LogP contribution in [-0.4, -0.2) is 34.2 Å². The number of nitrogens with zero attached hydrogens (tertiary/aromatic N) is 1. The molecule has 4 nitrogen and oxygen atoms in total. The summed E-state index contributed by atoms with van der Waals surface area (Å²) in [5.74, 6) is 0.803. The summed E-state index contributed by atoms with van der Waals surface area (Å²) in [5, 5.41) is 12.4. The smallest absolute Gasteiger partial charge is 0.306 e. The fraction of sp³-hybridized carbons (Fsp3) is 0.593. The lowest BCUT2D eigenvalue weighted by Gasteiger charge is -2.48. The Labute approximate surface area is 195 Å². The van der Waals surface area contributed by atoms with Gasteiger partial charge in [-0.15, -0.1) is 0 Å². The molecular formula is C27H34ClNO3. The van der Waals surface area contributed by atoms with Crippen LogP contribution in [0.15, 0.2) is 30.3 Å². The molecule has 0 spiro atoms. The maximum Gasteiger partial charge on any atom is 0.306 e. The minimum absolute atomic E-state index is 0.178. The van der Waals surface area contributed by atoms with Gasteiger partial charge in [0.2, 0.25) is 0 Å². The molecule has 2 unspecified atom stereocenters. The Kier molecular flexibility index (Phi) is 6.35. The number of piperidine rings is 2. The van der Waals surface area contributed by atoms with Crippen LogP contribution in [0.25, 0.3) is 10.8 Å². The number of aliphatic carboxylic acids is 1. The molecule has 2 heterocycles. The molecule has 1 saturated carbocycles. The van der Waals surface area contributed by atoms with Gasteiger partial charge in [0.05, 0.1) is 17.0 Å². The van der Waals surface area contributed by atoms with Gasteiger partial charge in [0, 0.05) is 24.0 Å². The van der Waals surface area contributed by atoms with Gasteiger partial charge < -0.3 is 9.84 Å². The van der Waals surface area contributed by atoms with Crippen molar-refractivity contribution < 1.29 is 14.6 Å². The Morgan fingerprint density at radius 3 is 2.47 bits per heavy atom. The van der Waals surface area contributed by atoms with Crippen LogP contribution >= 0.6 is 11.6 Å². The zero-order valence-corrected chi connectivity index (χ0v) is 19.7. The maximum absolute atomic E-state index is 11.6. The van der Waals surface area contributed by atoms with Gasteiger partial charge in [0.15, 0.2) is 0 Å². The molecule has 3 fully saturated rings. The van der Waals surface area contributed by atoms with Crippen LogP contribution in [0, 0.1) is 11.8 Å². The summed E-state index contributed by atoms with van der Waals surface area (Å²) >= 11 is 6.77.